The van der Waals surface area contributed by atoms with Gasteiger partial charge in [-0.3, -0.25) is 0 Å². The Morgan fingerprint density at radius 1 is 0.947 bits per heavy atom. The topological polar surface area (TPSA) is 35.2 Å². The second-order valence-electron chi connectivity index (χ2n) is 3.79. The Morgan fingerprint density at radius 2 is 1.63 bits per heavy atom. The molecule has 0 amide bonds. The minimum absolute atomic E-state index is 0.0480. The predicted molar refractivity (Wildman–Crippen MR) is 62.3 cm³/mol. The van der Waals surface area contributed by atoms with E-state index in [4.69, 9.17) is 10.5 Å². The maximum Gasteiger partial charge on any atom is 0.420 e. The van der Waals surface area contributed by atoms with E-state index in [1.165, 1.54) is 24.3 Å². The zero-order chi connectivity index (χ0) is 14.0. The Morgan fingerprint density at radius 3 is 2.26 bits per heavy atom. The van der Waals surface area contributed by atoms with E-state index in [0.29, 0.717) is 0 Å². The standard InChI is InChI=1S/C13H9F4NO/c14-10-3-1-2-4-12(10)19-11-6-5-8(18)7-9(11)13(15,16)17/h1-7H,18H2. The van der Waals surface area contributed by atoms with Crippen LogP contribution in [0, 0.1) is 5.82 Å². The summed E-state index contributed by atoms with van der Waals surface area (Å²) < 4.78 is 56.7. The summed E-state index contributed by atoms with van der Waals surface area (Å²) in [5.74, 6) is -1.52. The SMILES string of the molecule is Nc1ccc(Oc2ccccc2F)c(C(F)(F)F)c1. The van der Waals surface area contributed by atoms with Gasteiger partial charge in [-0.25, -0.2) is 4.39 Å². The summed E-state index contributed by atoms with van der Waals surface area (Å²) in [5, 5.41) is 0. The number of nitrogens with two attached hydrogens (primary N) is 1. The number of para-hydroxylation sites is 1. The van der Waals surface area contributed by atoms with Crippen molar-refractivity contribution in [3.63, 3.8) is 0 Å². The van der Waals surface area contributed by atoms with Crippen molar-refractivity contribution in [1.29, 1.82) is 0 Å². The molecule has 0 aromatic heterocycles. The number of halogens is 4. The summed E-state index contributed by atoms with van der Waals surface area (Å²) in [5.41, 5.74) is 4.22. The van der Waals surface area contributed by atoms with E-state index in [-0.39, 0.29) is 11.4 Å². The van der Waals surface area contributed by atoms with Crippen LogP contribution < -0.4 is 10.5 Å². The van der Waals surface area contributed by atoms with Crippen LogP contribution in [0.2, 0.25) is 0 Å². The molecule has 100 valence electrons. The molecule has 0 saturated heterocycles. The van der Waals surface area contributed by atoms with E-state index in [1.54, 1.807) is 0 Å². The zero-order valence-corrected chi connectivity index (χ0v) is 9.54. The zero-order valence-electron chi connectivity index (χ0n) is 9.54. The number of ether oxygens (including phenoxy) is 1. The Kier molecular flexibility index (Phi) is 3.33. The molecule has 19 heavy (non-hydrogen) atoms. The first-order valence-corrected chi connectivity index (χ1v) is 5.27. The van der Waals surface area contributed by atoms with Crippen LogP contribution in [-0.2, 0) is 6.18 Å². The van der Waals surface area contributed by atoms with Crippen molar-refractivity contribution in [1.82, 2.24) is 0 Å². The Labute approximate surface area is 106 Å². The summed E-state index contributed by atoms with van der Waals surface area (Å²) in [6, 6.07) is 8.27. The number of alkyl halides is 3. The van der Waals surface area contributed by atoms with E-state index in [1.807, 2.05) is 0 Å². The van der Waals surface area contributed by atoms with Crippen LogP contribution in [0.4, 0.5) is 23.2 Å². The lowest BCUT2D eigenvalue weighted by Crippen LogP contribution is -2.08. The van der Waals surface area contributed by atoms with Gasteiger partial charge in [0.25, 0.3) is 0 Å². The van der Waals surface area contributed by atoms with Gasteiger partial charge >= 0.3 is 6.18 Å². The van der Waals surface area contributed by atoms with Crippen molar-refractivity contribution < 1.29 is 22.3 Å². The molecule has 0 heterocycles. The quantitative estimate of drug-likeness (QED) is 0.655. The highest BCUT2D eigenvalue weighted by Crippen LogP contribution is 2.39. The van der Waals surface area contributed by atoms with Gasteiger partial charge in [0.05, 0.1) is 0 Å². The maximum atomic E-state index is 13.4. The Hall–Kier alpha value is -2.24. The van der Waals surface area contributed by atoms with Crippen molar-refractivity contribution in [2.75, 3.05) is 5.73 Å². The van der Waals surface area contributed by atoms with Gasteiger partial charge in [-0.1, -0.05) is 12.1 Å². The number of hydrogen-bond acceptors (Lipinski definition) is 2. The van der Waals surface area contributed by atoms with Crippen LogP contribution in [0.3, 0.4) is 0 Å². The third kappa shape index (κ3) is 2.96. The molecule has 0 fully saturated rings. The third-order valence-electron chi connectivity index (χ3n) is 2.37. The van der Waals surface area contributed by atoms with Crippen LogP contribution >= 0.6 is 0 Å². The second kappa shape index (κ2) is 4.79. The number of rotatable bonds is 2. The average molecular weight is 271 g/mol. The largest absolute Gasteiger partial charge is 0.454 e. The van der Waals surface area contributed by atoms with E-state index in [0.717, 1.165) is 18.2 Å². The monoisotopic (exact) mass is 271 g/mol. The molecule has 2 nitrogen and oxygen atoms in total. The Balaban J connectivity index is 2.44. The molecule has 0 unspecified atom stereocenters. The molecule has 0 atom stereocenters. The summed E-state index contributed by atoms with van der Waals surface area (Å²) in [4.78, 5) is 0. The summed E-state index contributed by atoms with van der Waals surface area (Å²) in [6.45, 7) is 0. The first-order chi connectivity index (χ1) is 8.88. The minimum Gasteiger partial charge on any atom is -0.454 e. The summed E-state index contributed by atoms with van der Waals surface area (Å²) in [7, 11) is 0. The molecule has 2 aromatic rings. The van der Waals surface area contributed by atoms with E-state index >= 15 is 0 Å². The molecule has 0 aliphatic carbocycles. The first-order valence-electron chi connectivity index (χ1n) is 5.27. The lowest BCUT2D eigenvalue weighted by Gasteiger charge is -2.14. The van der Waals surface area contributed by atoms with Crippen molar-refractivity contribution >= 4 is 5.69 Å². The highest BCUT2D eigenvalue weighted by atomic mass is 19.4. The molecular weight excluding hydrogens is 262 g/mol. The van der Waals surface area contributed by atoms with Crippen LogP contribution in [0.25, 0.3) is 0 Å². The molecule has 0 bridgehead atoms. The molecule has 6 heteroatoms. The van der Waals surface area contributed by atoms with Crippen LogP contribution in [0.15, 0.2) is 42.5 Å². The number of anilines is 1. The van der Waals surface area contributed by atoms with Gasteiger partial charge in [0, 0.05) is 5.69 Å². The van der Waals surface area contributed by atoms with E-state index in [9.17, 15) is 17.6 Å². The van der Waals surface area contributed by atoms with Crippen LogP contribution in [-0.4, -0.2) is 0 Å². The highest BCUT2D eigenvalue weighted by Gasteiger charge is 2.35. The van der Waals surface area contributed by atoms with E-state index in [2.05, 4.69) is 0 Å². The molecule has 0 radical (unpaired) electrons. The lowest BCUT2D eigenvalue weighted by molar-refractivity contribution is -0.138. The third-order valence-corrected chi connectivity index (χ3v) is 2.37. The smallest absolute Gasteiger partial charge is 0.420 e. The molecule has 2 rings (SSSR count). The number of benzene rings is 2. The van der Waals surface area contributed by atoms with Gasteiger partial charge < -0.3 is 10.5 Å². The predicted octanol–water partition coefficient (Wildman–Crippen LogP) is 4.22. The fourth-order valence-electron chi connectivity index (χ4n) is 1.50. The lowest BCUT2D eigenvalue weighted by atomic mass is 10.1. The molecular formula is C13H9F4NO. The minimum atomic E-state index is -4.63. The average Bonchev–Trinajstić information content (AvgIpc) is 2.33. The number of hydrogen-bond donors (Lipinski definition) is 1. The van der Waals surface area contributed by atoms with Gasteiger partial charge in [0.15, 0.2) is 11.6 Å². The summed E-state index contributed by atoms with van der Waals surface area (Å²) in [6.07, 6.45) is -4.63. The van der Waals surface area contributed by atoms with Crippen molar-refractivity contribution in [3.8, 4) is 11.5 Å². The van der Waals surface area contributed by atoms with Gasteiger partial charge in [0.2, 0.25) is 0 Å². The first kappa shape index (κ1) is 13.2. The number of nitrogen functional groups attached to an aromatic ring is 1. The molecule has 0 saturated carbocycles. The Bertz CT molecular complexity index is 595. The van der Waals surface area contributed by atoms with Crippen LogP contribution in [0.5, 0.6) is 11.5 Å². The van der Waals surface area contributed by atoms with Crippen LogP contribution in [0.1, 0.15) is 5.56 Å². The molecule has 2 aromatic carbocycles. The fourth-order valence-corrected chi connectivity index (χ4v) is 1.50. The van der Waals surface area contributed by atoms with Gasteiger partial charge in [0.1, 0.15) is 11.3 Å². The van der Waals surface area contributed by atoms with E-state index < -0.39 is 23.3 Å². The normalized spacial score (nSPS) is 11.4. The highest BCUT2D eigenvalue weighted by molar-refractivity contribution is 5.50. The van der Waals surface area contributed by atoms with Gasteiger partial charge in [-0.05, 0) is 30.3 Å². The fraction of sp³-hybridized carbons (Fsp3) is 0.0769. The molecule has 0 aliphatic heterocycles. The maximum absolute atomic E-state index is 13.4. The molecule has 0 spiro atoms. The molecule has 0 aliphatic rings. The van der Waals surface area contributed by atoms with Gasteiger partial charge in [-0.15, -0.1) is 0 Å². The van der Waals surface area contributed by atoms with Crippen molar-refractivity contribution in [2.24, 2.45) is 0 Å². The van der Waals surface area contributed by atoms with Crippen molar-refractivity contribution in [3.05, 3.63) is 53.8 Å². The summed E-state index contributed by atoms with van der Waals surface area (Å²) >= 11 is 0. The van der Waals surface area contributed by atoms with Crippen molar-refractivity contribution in [2.45, 2.75) is 6.18 Å². The molecule has 2 N–H and O–H groups in total. The second-order valence-corrected chi connectivity index (χ2v) is 3.79. The van der Waals surface area contributed by atoms with Gasteiger partial charge in [-0.2, -0.15) is 13.2 Å².